The molecule has 29 heavy (non-hydrogen) atoms. The van der Waals surface area contributed by atoms with Gasteiger partial charge in [0, 0.05) is 4.47 Å². The average molecular weight is 508 g/mol. The predicted molar refractivity (Wildman–Crippen MR) is 122 cm³/mol. The minimum Gasteiger partial charge on any atom is -0.508 e. The second-order valence-electron chi connectivity index (χ2n) is 7.20. The Balaban J connectivity index is 1.97. The lowest BCUT2D eigenvalue weighted by molar-refractivity contribution is 0.471. The quantitative estimate of drug-likeness (QED) is 0.270. The molecule has 4 aromatic carbocycles. The number of halogens is 2. The summed E-state index contributed by atoms with van der Waals surface area (Å²) >= 11 is 7.15. The normalized spacial score (nSPS) is 17.0. The van der Waals surface area contributed by atoms with Crippen LogP contribution in [0.4, 0.5) is 0 Å². The number of hydrogen-bond donors (Lipinski definition) is 2. The van der Waals surface area contributed by atoms with Gasteiger partial charge in [0.05, 0.1) is 9.89 Å². The van der Waals surface area contributed by atoms with Crippen LogP contribution in [0.15, 0.2) is 93.9 Å². The molecule has 142 valence electrons. The smallest absolute Gasteiger partial charge is 0.129 e. The van der Waals surface area contributed by atoms with Crippen LogP contribution in [0.2, 0.25) is 0 Å². The first-order valence-electron chi connectivity index (χ1n) is 9.20. The summed E-state index contributed by atoms with van der Waals surface area (Å²) in [7, 11) is 0. The molecule has 2 N–H and O–H groups in total. The Kier molecular flexibility index (Phi) is 4.30. The first-order valence-corrected chi connectivity index (χ1v) is 10.8. The molecular formula is C25H16Br2O2. The number of hydrogen-bond acceptors (Lipinski definition) is 2. The van der Waals surface area contributed by atoms with Crippen LogP contribution in [-0.2, 0) is 5.41 Å². The van der Waals surface area contributed by atoms with Crippen molar-refractivity contribution in [2.45, 2.75) is 5.41 Å². The Bertz CT molecular complexity index is 1250. The Labute approximate surface area is 185 Å². The molecule has 0 amide bonds. The van der Waals surface area contributed by atoms with Crippen molar-refractivity contribution in [2.75, 3.05) is 0 Å². The summed E-state index contributed by atoms with van der Waals surface area (Å²) in [5.74, 6) is 0.437. The number of fused-ring (bicyclic) bond motifs is 3. The van der Waals surface area contributed by atoms with E-state index in [-0.39, 0.29) is 11.5 Å². The van der Waals surface area contributed by atoms with Crippen molar-refractivity contribution in [2.24, 2.45) is 0 Å². The summed E-state index contributed by atoms with van der Waals surface area (Å²) in [6.45, 7) is 0. The van der Waals surface area contributed by atoms with Crippen LogP contribution in [0.3, 0.4) is 0 Å². The monoisotopic (exact) mass is 506 g/mol. The molecule has 1 atom stereocenters. The van der Waals surface area contributed by atoms with Crippen LogP contribution in [0.1, 0.15) is 22.3 Å². The zero-order valence-electron chi connectivity index (χ0n) is 15.2. The fraction of sp³-hybridized carbons (Fsp3) is 0.0400. The Morgan fingerprint density at radius 2 is 1.31 bits per heavy atom. The minimum absolute atomic E-state index is 0.204. The van der Waals surface area contributed by atoms with Crippen LogP contribution in [0.5, 0.6) is 11.5 Å². The molecule has 0 saturated carbocycles. The Morgan fingerprint density at radius 1 is 0.621 bits per heavy atom. The molecule has 0 bridgehead atoms. The van der Waals surface area contributed by atoms with Crippen LogP contribution >= 0.6 is 31.9 Å². The Hall–Kier alpha value is -2.56. The van der Waals surface area contributed by atoms with E-state index < -0.39 is 5.41 Å². The molecule has 4 heteroatoms. The first-order chi connectivity index (χ1) is 14.0. The highest BCUT2D eigenvalue weighted by atomic mass is 79.9. The maximum absolute atomic E-state index is 10.1. The largest absolute Gasteiger partial charge is 0.508 e. The topological polar surface area (TPSA) is 40.5 Å². The van der Waals surface area contributed by atoms with Crippen LogP contribution in [0.25, 0.3) is 11.1 Å². The van der Waals surface area contributed by atoms with Crippen LogP contribution < -0.4 is 0 Å². The number of phenols is 2. The van der Waals surface area contributed by atoms with E-state index in [1.807, 2.05) is 24.3 Å². The lowest BCUT2D eigenvalue weighted by atomic mass is 9.68. The maximum Gasteiger partial charge on any atom is 0.129 e. The fourth-order valence-corrected chi connectivity index (χ4v) is 5.23. The van der Waals surface area contributed by atoms with E-state index in [1.165, 1.54) is 16.7 Å². The zero-order valence-corrected chi connectivity index (χ0v) is 18.4. The maximum atomic E-state index is 10.1. The summed E-state index contributed by atoms with van der Waals surface area (Å²) in [5.41, 5.74) is 6.23. The van der Waals surface area contributed by atoms with E-state index >= 15 is 0 Å². The van der Waals surface area contributed by atoms with Crippen molar-refractivity contribution >= 4 is 31.9 Å². The molecule has 4 aromatic rings. The van der Waals surface area contributed by atoms with Gasteiger partial charge in [-0.15, -0.1) is 0 Å². The molecule has 0 aromatic heterocycles. The van der Waals surface area contributed by atoms with E-state index in [0.717, 1.165) is 21.2 Å². The molecule has 5 rings (SSSR count). The molecule has 1 aliphatic rings. The van der Waals surface area contributed by atoms with Crippen molar-refractivity contribution in [1.82, 2.24) is 0 Å². The first kappa shape index (κ1) is 18.5. The second kappa shape index (κ2) is 6.75. The predicted octanol–water partition coefficient (Wildman–Crippen LogP) is 6.99. The van der Waals surface area contributed by atoms with E-state index in [0.29, 0.717) is 4.47 Å². The summed E-state index contributed by atoms with van der Waals surface area (Å²) < 4.78 is 1.65. The van der Waals surface area contributed by atoms with Gasteiger partial charge in [-0.05, 0) is 85.7 Å². The summed E-state index contributed by atoms with van der Waals surface area (Å²) in [6.07, 6.45) is 0. The van der Waals surface area contributed by atoms with Crippen molar-refractivity contribution < 1.29 is 10.2 Å². The lowest BCUT2D eigenvalue weighted by Crippen LogP contribution is -2.28. The van der Waals surface area contributed by atoms with Gasteiger partial charge in [0.1, 0.15) is 11.5 Å². The van der Waals surface area contributed by atoms with Crippen LogP contribution in [0, 0.1) is 0 Å². The third-order valence-electron chi connectivity index (χ3n) is 5.69. The number of benzene rings is 4. The van der Waals surface area contributed by atoms with Gasteiger partial charge in [-0.3, -0.25) is 0 Å². The molecule has 0 saturated heterocycles. The average Bonchev–Trinajstić information content (AvgIpc) is 3.01. The second-order valence-corrected chi connectivity index (χ2v) is 8.97. The number of rotatable bonds is 2. The summed E-state index contributed by atoms with van der Waals surface area (Å²) in [5, 5.41) is 20.0. The van der Waals surface area contributed by atoms with Gasteiger partial charge in [-0.1, -0.05) is 64.5 Å². The zero-order chi connectivity index (χ0) is 20.2. The summed E-state index contributed by atoms with van der Waals surface area (Å²) in [6, 6.07) is 27.9. The summed E-state index contributed by atoms with van der Waals surface area (Å²) in [4.78, 5) is 0. The van der Waals surface area contributed by atoms with Crippen molar-refractivity contribution in [3.8, 4) is 22.6 Å². The van der Waals surface area contributed by atoms with Gasteiger partial charge >= 0.3 is 0 Å². The van der Waals surface area contributed by atoms with E-state index in [1.54, 1.807) is 18.2 Å². The third-order valence-corrected chi connectivity index (χ3v) is 6.82. The molecule has 0 aliphatic heterocycles. The number of phenolic OH excluding ortho intramolecular Hbond substituents is 2. The third kappa shape index (κ3) is 2.66. The van der Waals surface area contributed by atoms with Gasteiger partial charge in [0.15, 0.2) is 0 Å². The van der Waals surface area contributed by atoms with Gasteiger partial charge in [0.2, 0.25) is 0 Å². The van der Waals surface area contributed by atoms with E-state index in [2.05, 4.69) is 74.3 Å². The Morgan fingerprint density at radius 3 is 2.07 bits per heavy atom. The molecule has 2 nitrogen and oxygen atoms in total. The highest BCUT2D eigenvalue weighted by Gasteiger charge is 2.46. The van der Waals surface area contributed by atoms with Gasteiger partial charge < -0.3 is 10.2 Å². The molecule has 0 spiro atoms. The number of aromatic hydroxyl groups is 2. The minimum atomic E-state index is -0.570. The van der Waals surface area contributed by atoms with Gasteiger partial charge in [-0.2, -0.15) is 0 Å². The molecular weight excluding hydrogens is 492 g/mol. The van der Waals surface area contributed by atoms with Gasteiger partial charge in [0.25, 0.3) is 0 Å². The van der Waals surface area contributed by atoms with Crippen molar-refractivity contribution in [3.63, 3.8) is 0 Å². The van der Waals surface area contributed by atoms with Crippen molar-refractivity contribution in [1.29, 1.82) is 0 Å². The SMILES string of the molecule is Oc1ccc(C2(c3ccc(O)c(Br)c3)c3ccccc3-c3ccc(Br)cc32)cc1. The fourth-order valence-electron chi connectivity index (χ4n) is 4.49. The van der Waals surface area contributed by atoms with Crippen LogP contribution in [-0.4, -0.2) is 10.2 Å². The van der Waals surface area contributed by atoms with E-state index in [4.69, 9.17) is 0 Å². The van der Waals surface area contributed by atoms with Crippen molar-refractivity contribution in [3.05, 3.63) is 116 Å². The molecule has 0 radical (unpaired) electrons. The highest BCUT2D eigenvalue weighted by molar-refractivity contribution is 9.10. The molecule has 0 heterocycles. The highest BCUT2D eigenvalue weighted by Crippen LogP contribution is 2.57. The molecule has 0 fully saturated rings. The lowest BCUT2D eigenvalue weighted by Gasteiger charge is -2.34. The standard InChI is InChI=1S/C25H16Br2O2/c26-17-8-11-20-19-3-1-2-4-21(19)25(22(20)14-17,15-5-9-18(28)10-6-15)16-7-12-24(29)23(27)13-16/h1-14,28-29H. The molecule has 1 unspecified atom stereocenters. The van der Waals surface area contributed by atoms with E-state index in [9.17, 15) is 10.2 Å². The molecule has 1 aliphatic carbocycles. The van der Waals surface area contributed by atoms with Gasteiger partial charge in [-0.25, -0.2) is 0 Å².